The van der Waals surface area contributed by atoms with Crippen molar-refractivity contribution in [1.29, 1.82) is 0 Å². The van der Waals surface area contributed by atoms with Gasteiger partial charge in [0.1, 0.15) is 11.6 Å². The molecule has 0 N–H and O–H groups in total. The molecule has 14 heavy (non-hydrogen) atoms. The van der Waals surface area contributed by atoms with E-state index in [2.05, 4.69) is 12.6 Å². The number of thiol groups is 1. The fourth-order valence-electron chi connectivity index (χ4n) is 0.877. The van der Waals surface area contributed by atoms with Gasteiger partial charge >= 0.3 is 0 Å². The van der Waals surface area contributed by atoms with Gasteiger partial charge in [-0.1, -0.05) is 6.92 Å². The smallest absolute Gasteiger partial charge is 0.139 e. The average Bonchev–Trinajstić information content (AvgIpc) is 2.16. The summed E-state index contributed by atoms with van der Waals surface area (Å²) in [7, 11) is 0. The highest BCUT2D eigenvalue weighted by molar-refractivity contribution is 7.99. The van der Waals surface area contributed by atoms with E-state index in [0.29, 0.717) is 10.8 Å². The third-order valence-corrected chi connectivity index (χ3v) is 3.73. The second-order valence-electron chi connectivity index (χ2n) is 3.17. The van der Waals surface area contributed by atoms with Gasteiger partial charge in [0.25, 0.3) is 0 Å². The zero-order chi connectivity index (χ0) is 10.6. The monoisotopic (exact) mass is 234 g/mol. The van der Waals surface area contributed by atoms with Crippen LogP contribution in [0.25, 0.3) is 0 Å². The van der Waals surface area contributed by atoms with Gasteiger partial charge in [0, 0.05) is 16.7 Å². The van der Waals surface area contributed by atoms with E-state index in [9.17, 15) is 8.78 Å². The molecular formula is C10H12F2S2. The van der Waals surface area contributed by atoms with E-state index >= 15 is 0 Å². The Labute approximate surface area is 92.5 Å². The standard InChI is InChI=1S/C10H12F2S2/c1-7(5-13)6-14-10-3-2-8(11)4-9(10)12/h2-4,7,13H,5-6H2,1H3. The Morgan fingerprint density at radius 1 is 1.43 bits per heavy atom. The predicted molar refractivity (Wildman–Crippen MR) is 60.1 cm³/mol. The molecule has 0 saturated heterocycles. The van der Waals surface area contributed by atoms with Crippen molar-refractivity contribution < 1.29 is 8.78 Å². The van der Waals surface area contributed by atoms with Crippen LogP contribution in [-0.2, 0) is 0 Å². The van der Waals surface area contributed by atoms with Crippen molar-refractivity contribution in [3.8, 4) is 0 Å². The van der Waals surface area contributed by atoms with Crippen LogP contribution in [0.5, 0.6) is 0 Å². The summed E-state index contributed by atoms with van der Waals surface area (Å²) in [6.45, 7) is 2.04. The van der Waals surface area contributed by atoms with Crippen LogP contribution in [0.3, 0.4) is 0 Å². The minimum atomic E-state index is -0.533. The normalized spacial score (nSPS) is 12.9. The number of hydrogen-bond donors (Lipinski definition) is 1. The maximum Gasteiger partial charge on any atom is 0.139 e. The fraction of sp³-hybridized carbons (Fsp3) is 0.400. The molecule has 1 aromatic rings. The van der Waals surface area contributed by atoms with Crippen LogP contribution in [-0.4, -0.2) is 11.5 Å². The van der Waals surface area contributed by atoms with Crippen molar-refractivity contribution in [2.75, 3.05) is 11.5 Å². The molecule has 0 saturated carbocycles. The lowest BCUT2D eigenvalue weighted by atomic mass is 10.3. The topological polar surface area (TPSA) is 0 Å². The van der Waals surface area contributed by atoms with Gasteiger partial charge in [0.2, 0.25) is 0 Å². The number of benzene rings is 1. The van der Waals surface area contributed by atoms with Crippen molar-refractivity contribution in [3.63, 3.8) is 0 Å². The van der Waals surface area contributed by atoms with Crippen molar-refractivity contribution in [2.45, 2.75) is 11.8 Å². The van der Waals surface area contributed by atoms with Crippen LogP contribution in [0.4, 0.5) is 8.78 Å². The summed E-state index contributed by atoms with van der Waals surface area (Å²) in [6, 6.07) is 3.66. The van der Waals surface area contributed by atoms with E-state index < -0.39 is 11.6 Å². The van der Waals surface area contributed by atoms with E-state index in [1.54, 1.807) is 0 Å². The molecule has 0 bridgehead atoms. The number of thioether (sulfide) groups is 1. The van der Waals surface area contributed by atoms with Crippen molar-refractivity contribution in [2.24, 2.45) is 5.92 Å². The Morgan fingerprint density at radius 2 is 2.14 bits per heavy atom. The zero-order valence-corrected chi connectivity index (χ0v) is 9.55. The number of rotatable bonds is 4. The summed E-state index contributed by atoms with van der Waals surface area (Å²) < 4.78 is 25.7. The molecule has 4 heteroatoms. The molecule has 1 aromatic carbocycles. The Kier molecular flexibility index (Phi) is 4.75. The van der Waals surface area contributed by atoms with E-state index in [1.165, 1.54) is 23.9 Å². The average molecular weight is 234 g/mol. The molecule has 0 aromatic heterocycles. The molecule has 1 unspecified atom stereocenters. The molecule has 0 aliphatic heterocycles. The zero-order valence-electron chi connectivity index (χ0n) is 7.84. The van der Waals surface area contributed by atoms with Crippen molar-refractivity contribution in [3.05, 3.63) is 29.8 Å². The Morgan fingerprint density at radius 3 is 2.71 bits per heavy atom. The van der Waals surface area contributed by atoms with E-state index in [1.807, 2.05) is 6.92 Å². The van der Waals surface area contributed by atoms with Crippen molar-refractivity contribution in [1.82, 2.24) is 0 Å². The molecule has 1 rings (SSSR count). The molecule has 0 aliphatic carbocycles. The van der Waals surface area contributed by atoms with Crippen LogP contribution in [0.1, 0.15) is 6.92 Å². The van der Waals surface area contributed by atoms with Crippen LogP contribution in [0.15, 0.2) is 23.1 Å². The third kappa shape index (κ3) is 3.50. The molecule has 0 radical (unpaired) electrons. The summed E-state index contributed by atoms with van der Waals surface area (Å²) in [6.07, 6.45) is 0. The summed E-state index contributed by atoms with van der Waals surface area (Å²) in [5.41, 5.74) is 0. The molecule has 78 valence electrons. The van der Waals surface area contributed by atoms with Gasteiger partial charge in [0.15, 0.2) is 0 Å². The first-order chi connectivity index (χ1) is 6.63. The first-order valence-corrected chi connectivity index (χ1v) is 5.94. The van der Waals surface area contributed by atoms with Gasteiger partial charge in [0.05, 0.1) is 0 Å². The fourth-order valence-corrected chi connectivity index (χ4v) is 2.12. The van der Waals surface area contributed by atoms with Gasteiger partial charge in [-0.15, -0.1) is 11.8 Å². The molecule has 1 atom stereocenters. The SMILES string of the molecule is CC(CS)CSc1ccc(F)cc1F. The molecule has 0 amide bonds. The van der Waals surface area contributed by atoms with Crippen LogP contribution in [0.2, 0.25) is 0 Å². The van der Waals surface area contributed by atoms with Crippen LogP contribution in [0, 0.1) is 17.6 Å². The number of hydrogen-bond acceptors (Lipinski definition) is 2. The third-order valence-electron chi connectivity index (χ3n) is 1.73. The molecule has 0 nitrogen and oxygen atoms in total. The summed E-state index contributed by atoms with van der Waals surface area (Å²) >= 11 is 5.53. The highest BCUT2D eigenvalue weighted by atomic mass is 32.2. The molecule has 0 spiro atoms. The van der Waals surface area contributed by atoms with Gasteiger partial charge < -0.3 is 0 Å². The maximum absolute atomic E-state index is 13.1. The van der Waals surface area contributed by atoms with Gasteiger partial charge in [-0.25, -0.2) is 8.78 Å². The molecule has 0 aliphatic rings. The molecule has 0 fully saturated rings. The first kappa shape index (κ1) is 11.9. The molecule has 0 heterocycles. The second kappa shape index (κ2) is 5.61. The lowest BCUT2D eigenvalue weighted by Crippen LogP contribution is -1.99. The summed E-state index contributed by atoms with van der Waals surface area (Å²) in [5.74, 6) is 0.977. The van der Waals surface area contributed by atoms with Crippen LogP contribution < -0.4 is 0 Å². The lowest BCUT2D eigenvalue weighted by Gasteiger charge is -2.07. The Hall–Kier alpha value is -0.220. The number of halogens is 2. The largest absolute Gasteiger partial charge is 0.207 e. The lowest BCUT2D eigenvalue weighted by molar-refractivity contribution is 0.565. The minimum Gasteiger partial charge on any atom is -0.207 e. The van der Waals surface area contributed by atoms with E-state index in [-0.39, 0.29) is 0 Å². The summed E-state index contributed by atoms with van der Waals surface area (Å²) in [4.78, 5) is 0.500. The van der Waals surface area contributed by atoms with E-state index in [4.69, 9.17) is 0 Å². The van der Waals surface area contributed by atoms with Gasteiger partial charge in [-0.05, 0) is 23.8 Å². The highest BCUT2D eigenvalue weighted by Crippen LogP contribution is 2.24. The molecular weight excluding hydrogens is 222 g/mol. The van der Waals surface area contributed by atoms with E-state index in [0.717, 1.165) is 17.6 Å². The van der Waals surface area contributed by atoms with Gasteiger partial charge in [-0.2, -0.15) is 12.6 Å². The highest BCUT2D eigenvalue weighted by Gasteiger charge is 2.06. The first-order valence-electron chi connectivity index (χ1n) is 4.32. The quantitative estimate of drug-likeness (QED) is 0.613. The van der Waals surface area contributed by atoms with Crippen molar-refractivity contribution >= 4 is 24.4 Å². The Bertz CT molecular complexity index is 302. The summed E-state index contributed by atoms with van der Waals surface area (Å²) in [5, 5.41) is 0. The predicted octanol–water partition coefficient (Wildman–Crippen LogP) is 3.62. The second-order valence-corrected chi connectivity index (χ2v) is 4.60. The minimum absolute atomic E-state index is 0.424. The van der Waals surface area contributed by atoms with Gasteiger partial charge in [-0.3, -0.25) is 0 Å². The Balaban J connectivity index is 2.59. The van der Waals surface area contributed by atoms with Crippen LogP contribution >= 0.6 is 24.4 Å². The maximum atomic E-state index is 13.1.